The summed E-state index contributed by atoms with van der Waals surface area (Å²) in [6.45, 7) is 4.67. The number of hydrogen-bond acceptors (Lipinski definition) is 4. The molecule has 1 aromatic rings. The van der Waals surface area contributed by atoms with Gasteiger partial charge in [-0.25, -0.2) is 5.01 Å². The second-order valence-electron chi connectivity index (χ2n) is 2.99. The van der Waals surface area contributed by atoms with Crippen LogP contribution in [0.25, 0.3) is 0 Å². The zero-order valence-corrected chi connectivity index (χ0v) is 9.21. The van der Waals surface area contributed by atoms with Gasteiger partial charge in [-0.05, 0) is 24.3 Å². The molecule has 86 valence electrons. The van der Waals surface area contributed by atoms with Gasteiger partial charge < -0.3 is 9.84 Å². The molecule has 0 aliphatic heterocycles. The lowest BCUT2D eigenvalue weighted by Gasteiger charge is -2.11. The zero-order valence-electron chi connectivity index (χ0n) is 9.21. The molecule has 0 atom stereocenters. The van der Waals surface area contributed by atoms with Gasteiger partial charge in [-0.3, -0.25) is 0 Å². The van der Waals surface area contributed by atoms with Crippen molar-refractivity contribution in [1.82, 2.24) is 0 Å². The van der Waals surface area contributed by atoms with Gasteiger partial charge in [-0.15, -0.1) is 0 Å². The highest BCUT2D eigenvalue weighted by Gasteiger charge is 1.99. The lowest BCUT2D eigenvalue weighted by Crippen LogP contribution is -2.06. The minimum Gasteiger partial charge on any atom is -0.508 e. The van der Waals surface area contributed by atoms with Gasteiger partial charge >= 0.3 is 0 Å². The van der Waals surface area contributed by atoms with Crippen molar-refractivity contribution >= 4 is 5.69 Å². The number of rotatable bonds is 6. The highest BCUT2D eigenvalue weighted by Crippen LogP contribution is 2.18. The van der Waals surface area contributed by atoms with E-state index in [0.29, 0.717) is 13.2 Å². The molecule has 0 heterocycles. The van der Waals surface area contributed by atoms with Gasteiger partial charge in [-0.2, -0.15) is 5.11 Å². The van der Waals surface area contributed by atoms with Crippen molar-refractivity contribution in [1.29, 1.82) is 0 Å². The zero-order chi connectivity index (χ0) is 11.8. The standard InChI is InChI=1S/C11H15N3O2/c1-3-14(13-12-8-9-16-2)10-4-6-11(15)7-5-10/h3-7,15H,1,8-9H2,2H3. The molecule has 0 spiro atoms. The lowest BCUT2D eigenvalue weighted by atomic mass is 10.3. The van der Waals surface area contributed by atoms with Gasteiger partial charge in [-0.1, -0.05) is 11.8 Å². The van der Waals surface area contributed by atoms with Crippen LogP contribution in [0.5, 0.6) is 5.75 Å². The van der Waals surface area contributed by atoms with Crippen LogP contribution in [-0.2, 0) is 4.74 Å². The molecule has 0 bridgehead atoms. The van der Waals surface area contributed by atoms with Gasteiger partial charge in [0.1, 0.15) is 5.75 Å². The van der Waals surface area contributed by atoms with E-state index in [-0.39, 0.29) is 5.75 Å². The Hall–Kier alpha value is -1.88. The molecule has 0 unspecified atom stereocenters. The lowest BCUT2D eigenvalue weighted by molar-refractivity contribution is 0.206. The summed E-state index contributed by atoms with van der Waals surface area (Å²) in [6.07, 6.45) is 1.54. The second-order valence-corrected chi connectivity index (χ2v) is 2.99. The summed E-state index contributed by atoms with van der Waals surface area (Å²) in [7, 11) is 1.61. The van der Waals surface area contributed by atoms with Crippen LogP contribution in [0.4, 0.5) is 5.69 Å². The molecule has 5 nitrogen and oxygen atoms in total. The van der Waals surface area contributed by atoms with E-state index in [1.165, 1.54) is 5.01 Å². The molecular weight excluding hydrogens is 206 g/mol. The van der Waals surface area contributed by atoms with Crippen LogP contribution in [-0.4, -0.2) is 25.4 Å². The topological polar surface area (TPSA) is 57.4 Å². The number of nitrogens with zero attached hydrogens (tertiary/aromatic N) is 3. The first-order chi connectivity index (χ1) is 7.77. The van der Waals surface area contributed by atoms with Crippen LogP contribution in [0, 0.1) is 0 Å². The van der Waals surface area contributed by atoms with Crippen molar-refractivity contribution in [2.24, 2.45) is 10.3 Å². The summed E-state index contributed by atoms with van der Waals surface area (Å²) >= 11 is 0. The van der Waals surface area contributed by atoms with Crippen LogP contribution in [0.2, 0.25) is 0 Å². The molecule has 0 aromatic heterocycles. The predicted molar refractivity (Wildman–Crippen MR) is 62.4 cm³/mol. The van der Waals surface area contributed by atoms with E-state index in [4.69, 9.17) is 9.84 Å². The minimum absolute atomic E-state index is 0.212. The first-order valence-electron chi connectivity index (χ1n) is 4.85. The number of ether oxygens (including phenoxy) is 1. The Bertz CT molecular complexity index is 349. The van der Waals surface area contributed by atoms with Crippen molar-refractivity contribution in [3.05, 3.63) is 37.0 Å². The average Bonchev–Trinajstić information content (AvgIpc) is 2.31. The van der Waals surface area contributed by atoms with Crippen molar-refractivity contribution < 1.29 is 9.84 Å². The van der Waals surface area contributed by atoms with Crippen LogP contribution in [0.1, 0.15) is 0 Å². The first kappa shape index (κ1) is 12.2. The van der Waals surface area contributed by atoms with Crippen molar-refractivity contribution in [3.8, 4) is 5.75 Å². The third kappa shape index (κ3) is 3.70. The Balaban J connectivity index is 2.63. The smallest absolute Gasteiger partial charge is 0.115 e. The normalized spacial score (nSPS) is 10.6. The Morgan fingerprint density at radius 2 is 2.12 bits per heavy atom. The molecule has 0 amide bonds. The molecule has 1 N–H and O–H groups in total. The van der Waals surface area contributed by atoms with Gasteiger partial charge in [0.25, 0.3) is 0 Å². The third-order valence-electron chi connectivity index (χ3n) is 1.84. The quantitative estimate of drug-likeness (QED) is 0.455. The van der Waals surface area contributed by atoms with E-state index < -0.39 is 0 Å². The van der Waals surface area contributed by atoms with Crippen molar-refractivity contribution in [3.63, 3.8) is 0 Å². The summed E-state index contributed by atoms with van der Waals surface area (Å²) in [6, 6.07) is 6.62. The van der Waals surface area contributed by atoms with E-state index in [9.17, 15) is 0 Å². The summed E-state index contributed by atoms with van der Waals surface area (Å²) in [5.41, 5.74) is 0.786. The van der Waals surface area contributed by atoms with E-state index in [0.717, 1.165) is 5.69 Å². The van der Waals surface area contributed by atoms with E-state index >= 15 is 0 Å². The predicted octanol–water partition coefficient (Wildman–Crippen LogP) is 2.36. The third-order valence-corrected chi connectivity index (χ3v) is 1.84. The molecule has 0 aliphatic carbocycles. The summed E-state index contributed by atoms with van der Waals surface area (Å²) in [5.74, 6) is 0.212. The molecular formula is C11H15N3O2. The number of anilines is 1. The van der Waals surface area contributed by atoms with Crippen LogP contribution in [0.15, 0.2) is 47.4 Å². The fraction of sp³-hybridized carbons (Fsp3) is 0.273. The maximum Gasteiger partial charge on any atom is 0.115 e. The first-order valence-corrected chi connectivity index (χ1v) is 4.85. The van der Waals surface area contributed by atoms with Gasteiger partial charge in [0.15, 0.2) is 0 Å². The van der Waals surface area contributed by atoms with Crippen LogP contribution >= 0.6 is 0 Å². The Morgan fingerprint density at radius 1 is 1.44 bits per heavy atom. The Labute approximate surface area is 94.7 Å². The second kappa shape index (κ2) is 6.58. The SMILES string of the molecule is C=CN(N=NCCOC)c1ccc(O)cc1. The highest BCUT2D eigenvalue weighted by atomic mass is 16.5. The van der Waals surface area contributed by atoms with Gasteiger partial charge in [0.2, 0.25) is 0 Å². The van der Waals surface area contributed by atoms with Gasteiger partial charge in [0, 0.05) is 13.3 Å². The molecule has 0 saturated heterocycles. The molecule has 0 radical (unpaired) electrons. The summed E-state index contributed by atoms with van der Waals surface area (Å²) < 4.78 is 4.85. The molecule has 0 fully saturated rings. The highest BCUT2D eigenvalue weighted by molar-refractivity contribution is 5.49. The van der Waals surface area contributed by atoms with Crippen LogP contribution < -0.4 is 5.01 Å². The fourth-order valence-corrected chi connectivity index (χ4v) is 1.04. The summed E-state index contributed by atoms with van der Waals surface area (Å²) in [4.78, 5) is 0. The summed E-state index contributed by atoms with van der Waals surface area (Å²) in [5, 5.41) is 18.5. The van der Waals surface area contributed by atoms with Gasteiger partial charge in [0.05, 0.1) is 18.8 Å². The van der Waals surface area contributed by atoms with Crippen molar-refractivity contribution in [2.45, 2.75) is 0 Å². The number of hydrogen-bond donors (Lipinski definition) is 1. The molecule has 0 aliphatic rings. The minimum atomic E-state index is 0.212. The Morgan fingerprint density at radius 3 is 2.69 bits per heavy atom. The van der Waals surface area contributed by atoms with Crippen LogP contribution in [0.3, 0.4) is 0 Å². The van der Waals surface area contributed by atoms with Crippen molar-refractivity contribution in [2.75, 3.05) is 25.3 Å². The number of phenolic OH excluding ortho intramolecular Hbond substituents is 1. The molecule has 5 heteroatoms. The molecule has 16 heavy (non-hydrogen) atoms. The number of methoxy groups -OCH3 is 1. The van der Waals surface area contributed by atoms with E-state index in [1.807, 2.05) is 0 Å². The van der Waals surface area contributed by atoms with E-state index in [2.05, 4.69) is 16.9 Å². The average molecular weight is 221 g/mol. The molecule has 0 saturated carbocycles. The maximum atomic E-state index is 9.14. The fourth-order valence-electron chi connectivity index (χ4n) is 1.04. The maximum absolute atomic E-state index is 9.14. The van der Waals surface area contributed by atoms with E-state index in [1.54, 1.807) is 37.6 Å². The number of aromatic hydroxyl groups is 1. The number of benzene rings is 1. The number of phenols is 1. The monoisotopic (exact) mass is 221 g/mol. The molecule has 1 rings (SSSR count). The Kier molecular flexibility index (Phi) is 5.01. The largest absolute Gasteiger partial charge is 0.508 e. The molecule has 1 aromatic carbocycles.